The molecule has 2 amide bonds. The standard InChI is InChI=1S/C21H24N2O3/c1-3-26-19-10-5-4-9-18(19)23-21(25)17-12-16(17)20(24)22-13-15-8-6-7-14(2)11-15/h4-11,16-17H,3,12-13H2,1-2H3,(H,22,24)(H,23,25). The highest BCUT2D eigenvalue weighted by Gasteiger charge is 2.48. The van der Waals surface area contributed by atoms with Crippen LogP contribution in [0.25, 0.3) is 0 Å². The van der Waals surface area contributed by atoms with E-state index in [4.69, 9.17) is 4.74 Å². The van der Waals surface area contributed by atoms with Crippen molar-refractivity contribution in [2.75, 3.05) is 11.9 Å². The van der Waals surface area contributed by atoms with Gasteiger partial charge in [0.05, 0.1) is 24.1 Å². The quantitative estimate of drug-likeness (QED) is 0.803. The van der Waals surface area contributed by atoms with Gasteiger partial charge in [0.2, 0.25) is 11.8 Å². The van der Waals surface area contributed by atoms with Crippen molar-refractivity contribution in [1.82, 2.24) is 5.32 Å². The second-order valence-corrected chi connectivity index (χ2v) is 6.57. The molecule has 0 spiro atoms. The van der Waals surface area contributed by atoms with Crippen LogP contribution in [0.3, 0.4) is 0 Å². The van der Waals surface area contributed by atoms with E-state index in [1.807, 2.05) is 56.3 Å². The number of carbonyl (C=O) groups excluding carboxylic acids is 2. The van der Waals surface area contributed by atoms with Crippen molar-refractivity contribution in [2.24, 2.45) is 11.8 Å². The van der Waals surface area contributed by atoms with E-state index >= 15 is 0 Å². The number of hydrogen-bond acceptors (Lipinski definition) is 3. The van der Waals surface area contributed by atoms with Gasteiger partial charge in [-0.05, 0) is 38.0 Å². The first-order valence-electron chi connectivity index (χ1n) is 8.94. The Hall–Kier alpha value is -2.82. The molecule has 26 heavy (non-hydrogen) atoms. The maximum Gasteiger partial charge on any atom is 0.228 e. The predicted octanol–water partition coefficient (Wildman–Crippen LogP) is 3.28. The number of aryl methyl sites for hydroxylation is 1. The molecule has 1 aliphatic rings. The zero-order chi connectivity index (χ0) is 18.5. The maximum absolute atomic E-state index is 12.4. The van der Waals surface area contributed by atoms with Crippen LogP contribution in [-0.2, 0) is 16.1 Å². The highest BCUT2D eigenvalue weighted by atomic mass is 16.5. The van der Waals surface area contributed by atoms with Crippen LogP contribution >= 0.6 is 0 Å². The number of para-hydroxylation sites is 2. The van der Waals surface area contributed by atoms with Gasteiger partial charge in [-0.1, -0.05) is 42.0 Å². The Morgan fingerprint density at radius 3 is 2.62 bits per heavy atom. The van der Waals surface area contributed by atoms with Gasteiger partial charge in [0, 0.05) is 6.54 Å². The van der Waals surface area contributed by atoms with E-state index in [1.54, 1.807) is 6.07 Å². The summed E-state index contributed by atoms with van der Waals surface area (Å²) >= 11 is 0. The lowest BCUT2D eigenvalue weighted by molar-refractivity contribution is -0.125. The van der Waals surface area contributed by atoms with Gasteiger partial charge in [0.1, 0.15) is 5.75 Å². The first-order chi connectivity index (χ1) is 12.6. The van der Waals surface area contributed by atoms with Gasteiger partial charge in [-0.3, -0.25) is 9.59 Å². The van der Waals surface area contributed by atoms with Gasteiger partial charge >= 0.3 is 0 Å². The van der Waals surface area contributed by atoms with Crippen LogP contribution in [0.1, 0.15) is 24.5 Å². The van der Waals surface area contributed by atoms with Crippen molar-refractivity contribution in [3.63, 3.8) is 0 Å². The number of hydrogen-bond donors (Lipinski definition) is 2. The van der Waals surface area contributed by atoms with Gasteiger partial charge in [0.25, 0.3) is 0 Å². The molecule has 0 heterocycles. The van der Waals surface area contributed by atoms with Gasteiger partial charge < -0.3 is 15.4 Å². The number of nitrogens with one attached hydrogen (secondary N) is 2. The summed E-state index contributed by atoms with van der Waals surface area (Å²) in [5, 5.41) is 5.80. The summed E-state index contributed by atoms with van der Waals surface area (Å²) in [6.45, 7) is 4.93. The van der Waals surface area contributed by atoms with E-state index in [0.29, 0.717) is 31.0 Å². The normalized spacial score (nSPS) is 18.1. The number of rotatable bonds is 7. The summed E-state index contributed by atoms with van der Waals surface area (Å²) < 4.78 is 5.52. The van der Waals surface area contributed by atoms with Crippen molar-refractivity contribution in [3.05, 3.63) is 59.7 Å². The van der Waals surface area contributed by atoms with E-state index < -0.39 is 0 Å². The Labute approximate surface area is 153 Å². The van der Waals surface area contributed by atoms with Crippen LogP contribution in [0.5, 0.6) is 5.75 Å². The lowest BCUT2D eigenvalue weighted by Gasteiger charge is -2.11. The minimum atomic E-state index is -0.276. The molecule has 0 bridgehead atoms. The molecule has 1 aliphatic carbocycles. The Balaban J connectivity index is 1.51. The molecule has 2 atom stereocenters. The minimum Gasteiger partial charge on any atom is -0.492 e. The molecule has 1 saturated carbocycles. The fourth-order valence-electron chi connectivity index (χ4n) is 2.99. The highest BCUT2D eigenvalue weighted by Crippen LogP contribution is 2.40. The molecule has 1 fully saturated rings. The second kappa shape index (κ2) is 8.04. The van der Waals surface area contributed by atoms with E-state index in [1.165, 1.54) is 0 Å². The van der Waals surface area contributed by atoms with Crippen LogP contribution in [-0.4, -0.2) is 18.4 Å². The molecule has 136 valence electrons. The Morgan fingerprint density at radius 1 is 1.08 bits per heavy atom. The highest BCUT2D eigenvalue weighted by molar-refractivity contribution is 6.00. The monoisotopic (exact) mass is 352 g/mol. The SMILES string of the molecule is CCOc1ccccc1NC(=O)C1CC1C(=O)NCc1cccc(C)c1. The lowest BCUT2D eigenvalue weighted by atomic mass is 10.1. The zero-order valence-electron chi connectivity index (χ0n) is 15.1. The first-order valence-corrected chi connectivity index (χ1v) is 8.94. The summed E-state index contributed by atoms with van der Waals surface area (Å²) in [6.07, 6.45) is 0.586. The molecule has 0 radical (unpaired) electrons. The Bertz CT molecular complexity index is 803. The van der Waals surface area contributed by atoms with E-state index in [9.17, 15) is 9.59 Å². The Morgan fingerprint density at radius 2 is 1.85 bits per heavy atom. The summed E-state index contributed by atoms with van der Waals surface area (Å²) in [7, 11) is 0. The van der Waals surface area contributed by atoms with E-state index in [0.717, 1.165) is 11.1 Å². The average Bonchev–Trinajstić information content (AvgIpc) is 3.43. The van der Waals surface area contributed by atoms with Gasteiger partial charge in [-0.2, -0.15) is 0 Å². The number of amides is 2. The molecular weight excluding hydrogens is 328 g/mol. The predicted molar refractivity (Wildman–Crippen MR) is 101 cm³/mol. The van der Waals surface area contributed by atoms with Crippen molar-refractivity contribution in [2.45, 2.75) is 26.8 Å². The zero-order valence-corrected chi connectivity index (χ0v) is 15.1. The molecule has 2 aromatic rings. The van der Waals surface area contributed by atoms with Crippen LogP contribution in [0.2, 0.25) is 0 Å². The van der Waals surface area contributed by atoms with Crippen molar-refractivity contribution in [1.29, 1.82) is 0 Å². The first kappa shape index (κ1) is 18.0. The number of carbonyl (C=O) groups is 2. The van der Waals surface area contributed by atoms with Crippen LogP contribution in [0.4, 0.5) is 5.69 Å². The van der Waals surface area contributed by atoms with Crippen molar-refractivity contribution >= 4 is 17.5 Å². The van der Waals surface area contributed by atoms with Gasteiger partial charge in [-0.15, -0.1) is 0 Å². The minimum absolute atomic E-state index is 0.0650. The number of benzene rings is 2. The average molecular weight is 352 g/mol. The molecular formula is C21H24N2O3. The van der Waals surface area contributed by atoms with Gasteiger partial charge in [-0.25, -0.2) is 0 Å². The van der Waals surface area contributed by atoms with Gasteiger partial charge in [0.15, 0.2) is 0 Å². The molecule has 0 saturated heterocycles. The molecule has 2 N–H and O–H groups in total. The third-order valence-electron chi connectivity index (χ3n) is 4.46. The van der Waals surface area contributed by atoms with E-state index in [-0.39, 0.29) is 23.7 Å². The molecule has 5 heteroatoms. The van der Waals surface area contributed by atoms with Crippen LogP contribution < -0.4 is 15.4 Å². The molecule has 2 unspecified atom stereocenters. The molecule has 0 aromatic heterocycles. The maximum atomic E-state index is 12.4. The fraction of sp³-hybridized carbons (Fsp3) is 0.333. The third-order valence-corrected chi connectivity index (χ3v) is 4.46. The summed E-state index contributed by atoms with van der Waals surface area (Å²) in [5.74, 6) is -0.0803. The third kappa shape index (κ3) is 4.42. The topological polar surface area (TPSA) is 67.4 Å². The molecule has 3 rings (SSSR count). The van der Waals surface area contributed by atoms with Crippen LogP contribution in [0, 0.1) is 18.8 Å². The molecule has 0 aliphatic heterocycles. The Kier molecular flexibility index (Phi) is 5.56. The lowest BCUT2D eigenvalue weighted by Crippen LogP contribution is -2.27. The summed E-state index contributed by atoms with van der Waals surface area (Å²) in [6, 6.07) is 15.3. The van der Waals surface area contributed by atoms with Crippen LogP contribution in [0.15, 0.2) is 48.5 Å². The molecule has 2 aromatic carbocycles. The summed E-state index contributed by atoms with van der Waals surface area (Å²) in [4.78, 5) is 24.7. The largest absolute Gasteiger partial charge is 0.492 e. The number of ether oxygens (including phenoxy) is 1. The summed E-state index contributed by atoms with van der Waals surface area (Å²) in [5.41, 5.74) is 2.87. The smallest absolute Gasteiger partial charge is 0.228 e. The van der Waals surface area contributed by atoms with Crippen molar-refractivity contribution < 1.29 is 14.3 Å². The second-order valence-electron chi connectivity index (χ2n) is 6.57. The fourth-order valence-corrected chi connectivity index (χ4v) is 2.99. The molecule has 5 nitrogen and oxygen atoms in total. The van der Waals surface area contributed by atoms with Crippen molar-refractivity contribution in [3.8, 4) is 5.75 Å². The number of anilines is 1. The van der Waals surface area contributed by atoms with E-state index in [2.05, 4.69) is 10.6 Å².